The number of fused-ring (bicyclic) bond motifs is 1. The predicted octanol–water partition coefficient (Wildman–Crippen LogP) is 4.53. The van der Waals surface area contributed by atoms with Crippen molar-refractivity contribution in [3.63, 3.8) is 0 Å². The zero-order chi connectivity index (χ0) is 19.7. The van der Waals surface area contributed by atoms with Crippen LogP contribution in [0.3, 0.4) is 0 Å². The van der Waals surface area contributed by atoms with E-state index in [0.717, 1.165) is 34.4 Å². The van der Waals surface area contributed by atoms with E-state index in [-0.39, 0.29) is 11.6 Å². The molecule has 150 valence electrons. The van der Waals surface area contributed by atoms with E-state index in [0.29, 0.717) is 19.1 Å². The summed E-state index contributed by atoms with van der Waals surface area (Å²) in [6.07, 6.45) is 2.13. The van der Waals surface area contributed by atoms with Crippen LogP contribution in [0.4, 0.5) is 0 Å². The third-order valence-corrected chi connectivity index (χ3v) is 6.60. The molecule has 2 aromatic carbocycles. The summed E-state index contributed by atoms with van der Waals surface area (Å²) in [6.45, 7) is 1.33. The maximum atomic E-state index is 6.25. The highest BCUT2D eigenvalue weighted by atomic mass is 79.9. The molecule has 28 heavy (non-hydrogen) atoms. The second kappa shape index (κ2) is 8.03. The van der Waals surface area contributed by atoms with Crippen LogP contribution in [-0.2, 0) is 21.7 Å². The highest BCUT2D eigenvalue weighted by Gasteiger charge is 2.57. The molecule has 6 heteroatoms. The minimum atomic E-state index is -0.213. The second-order valence-electron chi connectivity index (χ2n) is 7.44. The fourth-order valence-corrected chi connectivity index (χ4v) is 5.07. The van der Waals surface area contributed by atoms with E-state index in [1.807, 2.05) is 18.2 Å². The summed E-state index contributed by atoms with van der Waals surface area (Å²) in [5, 5.41) is 2.14. The Kier molecular flexibility index (Phi) is 5.65. The van der Waals surface area contributed by atoms with E-state index in [4.69, 9.17) is 19.0 Å². The van der Waals surface area contributed by atoms with Gasteiger partial charge in [-0.25, -0.2) is 0 Å². The molecule has 1 aliphatic heterocycles. The summed E-state index contributed by atoms with van der Waals surface area (Å²) in [4.78, 5) is 6.25. The zero-order valence-corrected chi connectivity index (χ0v) is 18.1. The molecule has 0 radical (unpaired) electrons. The molecule has 4 rings (SSSR count). The Bertz CT molecular complexity index is 845. The van der Waals surface area contributed by atoms with Gasteiger partial charge in [0.1, 0.15) is 11.5 Å². The third-order valence-electron chi connectivity index (χ3n) is 6.10. The van der Waals surface area contributed by atoms with Crippen LogP contribution in [0.15, 0.2) is 46.9 Å². The van der Waals surface area contributed by atoms with Crippen LogP contribution in [0.5, 0.6) is 11.5 Å². The van der Waals surface area contributed by atoms with Gasteiger partial charge in [0, 0.05) is 29.1 Å². The van der Waals surface area contributed by atoms with Gasteiger partial charge in [-0.15, -0.1) is 0 Å². The van der Waals surface area contributed by atoms with Crippen LogP contribution in [0.2, 0.25) is 0 Å². The highest BCUT2D eigenvalue weighted by molar-refractivity contribution is 9.10. The molecule has 1 saturated carbocycles. The van der Waals surface area contributed by atoms with Gasteiger partial charge >= 0.3 is 0 Å². The number of benzene rings is 2. The maximum Gasteiger partial charge on any atom is 0.127 e. The van der Waals surface area contributed by atoms with Gasteiger partial charge in [0.05, 0.1) is 39.0 Å². The van der Waals surface area contributed by atoms with Crippen molar-refractivity contribution in [2.45, 2.75) is 31.0 Å². The van der Waals surface area contributed by atoms with Gasteiger partial charge in [0.25, 0.3) is 0 Å². The first-order valence-corrected chi connectivity index (χ1v) is 10.3. The van der Waals surface area contributed by atoms with Crippen molar-refractivity contribution in [2.24, 2.45) is 5.92 Å². The Morgan fingerprint density at radius 1 is 1.14 bits per heavy atom. The molecule has 0 aromatic heterocycles. The molecule has 3 atom stereocenters. The van der Waals surface area contributed by atoms with Gasteiger partial charge < -0.3 is 14.2 Å². The number of halogens is 1. The molecule has 1 aliphatic carbocycles. The number of hydroxylamine groups is 2. The molecule has 0 unspecified atom stereocenters. The van der Waals surface area contributed by atoms with Crippen LogP contribution in [-0.4, -0.2) is 39.1 Å². The molecule has 1 heterocycles. The van der Waals surface area contributed by atoms with E-state index in [1.165, 1.54) is 5.56 Å². The molecular formula is C22H26BrNO4. The van der Waals surface area contributed by atoms with E-state index in [2.05, 4.69) is 45.3 Å². The third kappa shape index (κ3) is 3.32. The van der Waals surface area contributed by atoms with Crippen LogP contribution >= 0.6 is 15.9 Å². The SMILES string of the molecule is COc1ccc(CN2OC[C@@H]3C[C@@H](OC)C[C@@]32c2cccc(Br)c2)c(OC)c1. The molecule has 0 amide bonds. The fourth-order valence-electron chi connectivity index (χ4n) is 4.67. The normalized spacial score (nSPS) is 27.0. The van der Waals surface area contributed by atoms with Crippen molar-refractivity contribution in [3.8, 4) is 11.5 Å². The van der Waals surface area contributed by atoms with Crippen molar-refractivity contribution >= 4 is 15.9 Å². The Hall–Kier alpha value is -1.60. The maximum absolute atomic E-state index is 6.25. The lowest BCUT2D eigenvalue weighted by Gasteiger charge is -2.37. The molecule has 0 spiro atoms. The monoisotopic (exact) mass is 447 g/mol. The topological polar surface area (TPSA) is 40.2 Å². The average Bonchev–Trinajstić information content (AvgIpc) is 3.25. The first kappa shape index (κ1) is 19.7. The molecule has 2 aliphatic rings. The summed E-state index contributed by atoms with van der Waals surface area (Å²) in [5.41, 5.74) is 2.12. The number of hydrogen-bond donors (Lipinski definition) is 0. The van der Waals surface area contributed by atoms with E-state index < -0.39 is 0 Å². The van der Waals surface area contributed by atoms with Crippen molar-refractivity contribution < 1.29 is 19.0 Å². The molecule has 1 saturated heterocycles. The van der Waals surface area contributed by atoms with Crippen molar-refractivity contribution in [3.05, 3.63) is 58.1 Å². The standard InChI is InChI=1S/C22H26BrNO4/c1-25-19-8-7-15(21(11-19)27-3)13-24-22(16-5-4-6-18(23)9-16)12-20(26-2)10-17(22)14-28-24/h4-9,11,17,20H,10,12-14H2,1-3H3/t17-,20+,22+/m0/s1. The predicted molar refractivity (Wildman–Crippen MR) is 110 cm³/mol. The Morgan fingerprint density at radius 2 is 2.00 bits per heavy atom. The van der Waals surface area contributed by atoms with Gasteiger partial charge in [-0.3, -0.25) is 4.84 Å². The van der Waals surface area contributed by atoms with Gasteiger partial charge in [0.15, 0.2) is 0 Å². The van der Waals surface area contributed by atoms with Crippen molar-refractivity contribution in [1.82, 2.24) is 5.06 Å². The largest absolute Gasteiger partial charge is 0.497 e. The Balaban J connectivity index is 1.72. The van der Waals surface area contributed by atoms with Crippen LogP contribution in [0, 0.1) is 5.92 Å². The molecule has 0 N–H and O–H groups in total. The smallest absolute Gasteiger partial charge is 0.127 e. The summed E-state index contributed by atoms with van der Waals surface area (Å²) in [6, 6.07) is 14.5. The first-order chi connectivity index (χ1) is 13.6. The van der Waals surface area contributed by atoms with Gasteiger partial charge in [-0.2, -0.15) is 5.06 Å². The summed E-state index contributed by atoms with van der Waals surface area (Å²) in [5.74, 6) is 1.97. The number of rotatable bonds is 6. The minimum Gasteiger partial charge on any atom is -0.497 e. The molecule has 2 fully saturated rings. The van der Waals surface area contributed by atoms with E-state index >= 15 is 0 Å². The van der Waals surface area contributed by atoms with Crippen LogP contribution in [0.1, 0.15) is 24.0 Å². The number of methoxy groups -OCH3 is 3. The van der Waals surface area contributed by atoms with E-state index in [9.17, 15) is 0 Å². The molecule has 2 aromatic rings. The summed E-state index contributed by atoms with van der Waals surface area (Å²) < 4.78 is 17.8. The van der Waals surface area contributed by atoms with Crippen LogP contribution in [0.25, 0.3) is 0 Å². The average molecular weight is 448 g/mol. The lowest BCUT2D eigenvalue weighted by atomic mass is 9.81. The Morgan fingerprint density at radius 3 is 2.71 bits per heavy atom. The quantitative estimate of drug-likeness (QED) is 0.650. The highest BCUT2D eigenvalue weighted by Crippen LogP contribution is 2.54. The second-order valence-corrected chi connectivity index (χ2v) is 8.35. The number of ether oxygens (including phenoxy) is 3. The van der Waals surface area contributed by atoms with Crippen molar-refractivity contribution in [1.29, 1.82) is 0 Å². The summed E-state index contributed by atoms with van der Waals surface area (Å²) in [7, 11) is 5.15. The van der Waals surface area contributed by atoms with Gasteiger partial charge in [0.2, 0.25) is 0 Å². The molecule has 0 bridgehead atoms. The van der Waals surface area contributed by atoms with Crippen molar-refractivity contribution in [2.75, 3.05) is 27.9 Å². The number of nitrogens with zero attached hydrogens (tertiary/aromatic N) is 1. The Labute approximate surface area is 174 Å². The van der Waals surface area contributed by atoms with Gasteiger partial charge in [-0.1, -0.05) is 34.1 Å². The number of hydrogen-bond acceptors (Lipinski definition) is 5. The fraction of sp³-hybridized carbons (Fsp3) is 0.455. The summed E-state index contributed by atoms with van der Waals surface area (Å²) >= 11 is 3.64. The van der Waals surface area contributed by atoms with Crippen LogP contribution < -0.4 is 9.47 Å². The molecule has 5 nitrogen and oxygen atoms in total. The lowest BCUT2D eigenvalue weighted by Crippen LogP contribution is -2.42. The zero-order valence-electron chi connectivity index (χ0n) is 16.5. The lowest BCUT2D eigenvalue weighted by molar-refractivity contribution is -0.181. The first-order valence-electron chi connectivity index (χ1n) is 9.51. The molecular weight excluding hydrogens is 422 g/mol. The minimum absolute atomic E-state index is 0.213. The van der Waals surface area contributed by atoms with E-state index in [1.54, 1.807) is 21.3 Å². The van der Waals surface area contributed by atoms with Gasteiger partial charge in [-0.05, 0) is 36.6 Å².